The van der Waals surface area contributed by atoms with Crippen LogP contribution in [0.15, 0.2) is 60.7 Å². The molecule has 4 aliphatic rings. The molecule has 1 unspecified atom stereocenters. The van der Waals surface area contributed by atoms with E-state index in [0.717, 1.165) is 38.3 Å². The molecule has 3 nitrogen and oxygen atoms in total. The summed E-state index contributed by atoms with van der Waals surface area (Å²) in [5.41, 5.74) is 3.88. The topological polar surface area (TPSA) is 30.5 Å². The number of nitrogens with one attached hydrogen (secondary N) is 1. The van der Waals surface area contributed by atoms with Crippen LogP contribution in [-0.2, 0) is 20.3 Å². The van der Waals surface area contributed by atoms with E-state index in [4.69, 9.17) is 9.47 Å². The molecule has 3 aliphatic heterocycles. The lowest BCUT2D eigenvalue weighted by Crippen LogP contribution is -2.41. The van der Waals surface area contributed by atoms with Crippen LogP contribution in [0.25, 0.3) is 0 Å². The monoisotopic (exact) mass is 461 g/mol. The Labute approximate surface area is 206 Å². The van der Waals surface area contributed by atoms with Crippen LogP contribution in [0, 0.1) is 11.8 Å². The molecule has 1 atom stereocenters. The third kappa shape index (κ3) is 4.98. The van der Waals surface area contributed by atoms with E-state index in [2.05, 4.69) is 66.0 Å². The highest BCUT2D eigenvalue weighted by Gasteiger charge is 2.43. The number of benzene rings is 2. The zero-order valence-electron chi connectivity index (χ0n) is 20.9. The molecule has 2 aromatic carbocycles. The molecule has 0 bridgehead atoms. The fourth-order valence-corrected chi connectivity index (χ4v) is 7.48. The van der Waals surface area contributed by atoms with Crippen molar-refractivity contribution in [3.05, 3.63) is 71.8 Å². The highest BCUT2D eigenvalue weighted by Crippen LogP contribution is 2.48. The molecule has 34 heavy (non-hydrogen) atoms. The standard InChI is InChI=1S/C16H22O.C15H21NO/c1-2-6-14(7-3-1)16(10-12-17-13-11-16)15-8-4-5-9-15;1-2-4-13(5-3-1)15(7-10-17-11-8-15)14-6-9-16-12-14/h1-3,6-7,15H,4-5,8-13H2;1-5,14,16H,6-12H2. The predicted octanol–water partition coefficient (Wildman–Crippen LogP) is 6.27. The van der Waals surface area contributed by atoms with Gasteiger partial charge in [-0.2, -0.15) is 0 Å². The molecule has 3 saturated heterocycles. The average Bonchev–Trinajstić information content (AvgIpc) is 3.67. The van der Waals surface area contributed by atoms with Crippen LogP contribution in [0.1, 0.15) is 68.9 Å². The van der Waals surface area contributed by atoms with Gasteiger partial charge in [-0.15, -0.1) is 0 Å². The zero-order chi connectivity index (χ0) is 23.1. The van der Waals surface area contributed by atoms with E-state index in [-0.39, 0.29) is 0 Å². The molecule has 3 heteroatoms. The Bertz CT molecular complexity index is 770. The molecular weight excluding hydrogens is 418 g/mol. The van der Waals surface area contributed by atoms with Crippen LogP contribution in [0.3, 0.4) is 0 Å². The van der Waals surface area contributed by atoms with Crippen molar-refractivity contribution in [3.8, 4) is 0 Å². The first kappa shape index (κ1) is 24.0. The van der Waals surface area contributed by atoms with E-state index in [1.54, 1.807) is 5.56 Å². The van der Waals surface area contributed by atoms with Gasteiger partial charge in [-0.25, -0.2) is 0 Å². The summed E-state index contributed by atoms with van der Waals surface area (Å²) in [6.07, 6.45) is 11.8. The van der Waals surface area contributed by atoms with Gasteiger partial charge in [0.15, 0.2) is 0 Å². The Hall–Kier alpha value is -1.68. The van der Waals surface area contributed by atoms with E-state index in [9.17, 15) is 0 Å². The third-order valence-corrected chi connectivity index (χ3v) is 9.45. The first-order valence-corrected chi connectivity index (χ1v) is 13.8. The van der Waals surface area contributed by atoms with E-state index in [1.165, 1.54) is 76.4 Å². The first-order valence-electron chi connectivity index (χ1n) is 13.8. The fraction of sp³-hybridized carbons (Fsp3) is 0.613. The van der Waals surface area contributed by atoms with Gasteiger partial charge in [0, 0.05) is 37.3 Å². The Kier molecular flexibility index (Phi) is 8.04. The molecule has 3 heterocycles. The minimum absolute atomic E-state index is 0.364. The van der Waals surface area contributed by atoms with Gasteiger partial charge < -0.3 is 14.8 Å². The van der Waals surface area contributed by atoms with Gasteiger partial charge in [0.05, 0.1) is 0 Å². The largest absolute Gasteiger partial charge is 0.381 e. The minimum Gasteiger partial charge on any atom is -0.381 e. The van der Waals surface area contributed by atoms with Crippen LogP contribution >= 0.6 is 0 Å². The number of hydrogen-bond donors (Lipinski definition) is 1. The molecular formula is C31H43NO2. The number of hydrogen-bond acceptors (Lipinski definition) is 3. The van der Waals surface area contributed by atoms with Crippen LogP contribution in [-0.4, -0.2) is 39.5 Å². The lowest BCUT2D eigenvalue weighted by molar-refractivity contribution is 0.0265. The lowest BCUT2D eigenvalue weighted by atomic mass is 9.65. The van der Waals surface area contributed by atoms with Crippen molar-refractivity contribution in [3.63, 3.8) is 0 Å². The normalized spacial score (nSPS) is 26.5. The van der Waals surface area contributed by atoms with Crippen molar-refractivity contribution in [1.82, 2.24) is 5.32 Å². The molecule has 4 fully saturated rings. The number of rotatable bonds is 4. The van der Waals surface area contributed by atoms with Crippen LogP contribution in [0.5, 0.6) is 0 Å². The predicted molar refractivity (Wildman–Crippen MR) is 139 cm³/mol. The third-order valence-electron chi connectivity index (χ3n) is 9.45. The van der Waals surface area contributed by atoms with Crippen molar-refractivity contribution in [2.24, 2.45) is 11.8 Å². The van der Waals surface area contributed by atoms with Gasteiger partial charge in [0.25, 0.3) is 0 Å². The highest BCUT2D eigenvalue weighted by molar-refractivity contribution is 5.29. The highest BCUT2D eigenvalue weighted by atomic mass is 16.5. The van der Waals surface area contributed by atoms with Gasteiger partial charge in [0.1, 0.15) is 0 Å². The second-order valence-corrected chi connectivity index (χ2v) is 10.9. The summed E-state index contributed by atoms with van der Waals surface area (Å²) in [5, 5.41) is 3.52. The Morgan fingerprint density at radius 2 is 1.06 bits per heavy atom. The molecule has 2 aromatic rings. The molecule has 6 rings (SSSR count). The van der Waals surface area contributed by atoms with Crippen molar-refractivity contribution < 1.29 is 9.47 Å². The molecule has 0 spiro atoms. The maximum Gasteiger partial charge on any atom is 0.0474 e. The Balaban J connectivity index is 0.000000142. The maximum atomic E-state index is 5.61. The molecule has 1 aliphatic carbocycles. The molecule has 1 N–H and O–H groups in total. The van der Waals surface area contributed by atoms with Crippen molar-refractivity contribution in [1.29, 1.82) is 0 Å². The van der Waals surface area contributed by atoms with Gasteiger partial charge in [0.2, 0.25) is 0 Å². The quantitative estimate of drug-likeness (QED) is 0.582. The lowest BCUT2D eigenvalue weighted by Gasteiger charge is -2.43. The van der Waals surface area contributed by atoms with Crippen LogP contribution < -0.4 is 5.32 Å². The van der Waals surface area contributed by atoms with Gasteiger partial charge in [-0.3, -0.25) is 0 Å². The van der Waals surface area contributed by atoms with Crippen LogP contribution in [0.4, 0.5) is 0 Å². The summed E-state index contributed by atoms with van der Waals surface area (Å²) in [6.45, 7) is 6.10. The zero-order valence-corrected chi connectivity index (χ0v) is 20.9. The van der Waals surface area contributed by atoms with Gasteiger partial charge >= 0.3 is 0 Å². The summed E-state index contributed by atoms with van der Waals surface area (Å²) in [7, 11) is 0. The first-order chi connectivity index (χ1) is 16.8. The van der Waals surface area contributed by atoms with Crippen molar-refractivity contribution in [2.45, 2.75) is 68.6 Å². The van der Waals surface area contributed by atoms with Crippen LogP contribution in [0.2, 0.25) is 0 Å². The van der Waals surface area contributed by atoms with E-state index in [0.29, 0.717) is 10.8 Å². The molecule has 0 aromatic heterocycles. The summed E-state index contributed by atoms with van der Waals surface area (Å²) in [4.78, 5) is 0. The minimum atomic E-state index is 0.364. The summed E-state index contributed by atoms with van der Waals surface area (Å²) >= 11 is 0. The van der Waals surface area contributed by atoms with Gasteiger partial charge in [-0.1, -0.05) is 73.5 Å². The van der Waals surface area contributed by atoms with Gasteiger partial charge in [-0.05, 0) is 81.0 Å². The average molecular weight is 462 g/mol. The summed E-state index contributed by atoms with van der Waals surface area (Å²) < 4.78 is 11.2. The second-order valence-electron chi connectivity index (χ2n) is 10.9. The van der Waals surface area contributed by atoms with Crippen molar-refractivity contribution in [2.75, 3.05) is 39.5 Å². The number of ether oxygens (including phenoxy) is 2. The second kappa shape index (κ2) is 11.4. The fourth-order valence-electron chi connectivity index (χ4n) is 7.48. The smallest absolute Gasteiger partial charge is 0.0474 e. The maximum absolute atomic E-state index is 5.61. The van der Waals surface area contributed by atoms with E-state index in [1.807, 2.05) is 0 Å². The SMILES string of the molecule is c1ccc(C2(C3CCCC3)CCOCC2)cc1.c1ccc(C2(C3CCNC3)CCOCC2)cc1. The van der Waals surface area contributed by atoms with Crippen molar-refractivity contribution >= 4 is 0 Å². The van der Waals surface area contributed by atoms with E-state index >= 15 is 0 Å². The Morgan fingerprint density at radius 3 is 1.50 bits per heavy atom. The molecule has 184 valence electrons. The Morgan fingerprint density at radius 1 is 0.588 bits per heavy atom. The van der Waals surface area contributed by atoms with E-state index < -0.39 is 0 Å². The summed E-state index contributed by atoms with van der Waals surface area (Å²) in [5.74, 6) is 1.68. The molecule has 0 amide bonds. The molecule has 0 radical (unpaired) electrons. The summed E-state index contributed by atoms with van der Waals surface area (Å²) in [6, 6.07) is 22.3. The molecule has 1 saturated carbocycles.